The lowest BCUT2D eigenvalue weighted by Crippen LogP contribution is -2.29. The molecule has 0 aliphatic carbocycles. The van der Waals surface area contributed by atoms with E-state index in [2.05, 4.69) is 20.8 Å². The molecule has 1 heterocycles. The number of aromatic carboxylic acids is 1. The molecule has 2 amide bonds. The van der Waals surface area contributed by atoms with Crippen molar-refractivity contribution in [3.05, 3.63) is 35.9 Å². The summed E-state index contributed by atoms with van der Waals surface area (Å²) in [6.07, 6.45) is 1.51. The van der Waals surface area contributed by atoms with Gasteiger partial charge in [0.25, 0.3) is 0 Å². The Morgan fingerprint density at radius 3 is 2.71 bits per heavy atom. The van der Waals surface area contributed by atoms with Crippen LogP contribution in [0.3, 0.4) is 0 Å². The molecule has 0 unspecified atom stereocenters. The second-order valence-corrected chi connectivity index (χ2v) is 4.20. The maximum absolute atomic E-state index is 11.7. The fraction of sp³-hybridized carbons (Fsp3) is 0.167. The van der Waals surface area contributed by atoms with Crippen LogP contribution in [0.4, 0.5) is 10.5 Å². The molecule has 110 valence electrons. The van der Waals surface area contributed by atoms with Crippen LogP contribution in [0.15, 0.2) is 24.5 Å². The lowest BCUT2D eigenvalue weighted by atomic mass is 10.2. The number of anilines is 1. The predicted molar refractivity (Wildman–Crippen MR) is 71.9 cm³/mol. The number of amides is 2. The van der Waals surface area contributed by atoms with Gasteiger partial charge in [-0.2, -0.15) is 0 Å². The quantitative estimate of drug-likeness (QED) is 0.608. The maximum Gasteiger partial charge on any atom is 0.335 e. The molecule has 1 aromatic heterocycles. The zero-order valence-electron chi connectivity index (χ0n) is 11.1. The van der Waals surface area contributed by atoms with Gasteiger partial charge in [0, 0.05) is 7.05 Å². The van der Waals surface area contributed by atoms with Gasteiger partial charge in [0.2, 0.25) is 0 Å². The lowest BCUT2D eigenvalue weighted by molar-refractivity contribution is 0.0696. The molecule has 0 saturated carbocycles. The zero-order chi connectivity index (χ0) is 15.4. The summed E-state index contributed by atoms with van der Waals surface area (Å²) in [6, 6.07) is 3.08. The Morgan fingerprint density at radius 1 is 1.38 bits per heavy atom. The first-order valence-electron chi connectivity index (χ1n) is 5.91. The van der Waals surface area contributed by atoms with E-state index in [1.165, 1.54) is 18.5 Å². The lowest BCUT2D eigenvalue weighted by Gasteiger charge is -2.09. The van der Waals surface area contributed by atoms with E-state index >= 15 is 0 Å². The number of carboxylic acid groups (broad SMARTS) is 1. The Bertz CT molecular complexity index is 682. The highest BCUT2D eigenvalue weighted by Crippen LogP contribution is 2.24. The van der Waals surface area contributed by atoms with Gasteiger partial charge in [-0.25, -0.2) is 9.59 Å². The monoisotopic (exact) mass is 291 g/mol. The molecule has 0 spiro atoms. The molecule has 9 nitrogen and oxygen atoms in total. The fourth-order valence-electron chi connectivity index (χ4n) is 1.56. The third-order valence-electron chi connectivity index (χ3n) is 2.71. The Morgan fingerprint density at radius 2 is 2.14 bits per heavy atom. The minimum Gasteiger partial charge on any atom is -0.506 e. The number of phenolic OH excluding ortho intramolecular Hbond substituents is 1. The molecule has 4 N–H and O–H groups in total. The van der Waals surface area contributed by atoms with Crippen molar-refractivity contribution < 1.29 is 19.8 Å². The van der Waals surface area contributed by atoms with Gasteiger partial charge >= 0.3 is 12.0 Å². The molecule has 0 radical (unpaired) electrons. The molecule has 0 atom stereocenters. The molecule has 0 aliphatic rings. The van der Waals surface area contributed by atoms with E-state index in [1.807, 2.05) is 0 Å². The topological polar surface area (TPSA) is 129 Å². The van der Waals surface area contributed by atoms with Crippen LogP contribution in [0.1, 0.15) is 16.2 Å². The number of carboxylic acids is 1. The van der Waals surface area contributed by atoms with Crippen molar-refractivity contribution in [1.82, 2.24) is 20.1 Å². The minimum absolute atomic E-state index is 0.0717. The summed E-state index contributed by atoms with van der Waals surface area (Å²) in [6.45, 7) is 0.163. The van der Waals surface area contributed by atoms with Crippen molar-refractivity contribution in [2.24, 2.45) is 7.05 Å². The third-order valence-corrected chi connectivity index (χ3v) is 2.71. The summed E-state index contributed by atoms with van der Waals surface area (Å²) in [5, 5.41) is 30.8. The number of phenols is 1. The van der Waals surface area contributed by atoms with Crippen molar-refractivity contribution in [2.45, 2.75) is 6.54 Å². The standard InChI is InChI=1S/C12H13N5O4/c1-17-6-14-16-10(17)5-13-12(21)15-8-3-2-7(11(19)20)4-9(8)18/h2-4,6,18H,5H2,1H3,(H,19,20)(H2,13,15,21). The number of urea groups is 1. The number of hydrogen-bond donors (Lipinski definition) is 4. The van der Waals surface area contributed by atoms with Crippen molar-refractivity contribution in [2.75, 3.05) is 5.32 Å². The number of benzene rings is 1. The SMILES string of the molecule is Cn1cnnc1CNC(=O)Nc1ccc(C(=O)O)cc1O. The number of aromatic nitrogens is 3. The summed E-state index contributed by atoms with van der Waals surface area (Å²) < 4.78 is 1.65. The van der Waals surface area contributed by atoms with Gasteiger partial charge in [-0.3, -0.25) is 0 Å². The van der Waals surface area contributed by atoms with E-state index in [-0.39, 0.29) is 23.5 Å². The second kappa shape index (κ2) is 5.90. The van der Waals surface area contributed by atoms with Crippen LogP contribution in [0.5, 0.6) is 5.75 Å². The zero-order valence-corrected chi connectivity index (χ0v) is 11.1. The number of carbonyl (C=O) groups is 2. The van der Waals surface area contributed by atoms with Crippen molar-refractivity contribution >= 4 is 17.7 Å². The molecule has 2 aromatic rings. The number of nitrogens with one attached hydrogen (secondary N) is 2. The molecular formula is C12H13N5O4. The van der Waals surface area contributed by atoms with Gasteiger partial charge in [0.15, 0.2) is 5.82 Å². The van der Waals surface area contributed by atoms with Gasteiger partial charge in [0.1, 0.15) is 12.1 Å². The number of aromatic hydroxyl groups is 1. The normalized spacial score (nSPS) is 10.1. The average Bonchev–Trinajstić information content (AvgIpc) is 2.84. The predicted octanol–water partition coefficient (Wildman–Crippen LogP) is 0.541. The first-order valence-corrected chi connectivity index (χ1v) is 5.91. The van der Waals surface area contributed by atoms with Crippen LogP contribution in [0, 0.1) is 0 Å². The highest BCUT2D eigenvalue weighted by molar-refractivity contribution is 5.93. The highest BCUT2D eigenvalue weighted by Gasteiger charge is 2.10. The first kappa shape index (κ1) is 14.3. The summed E-state index contributed by atoms with van der Waals surface area (Å²) in [7, 11) is 1.74. The summed E-state index contributed by atoms with van der Waals surface area (Å²) in [4.78, 5) is 22.4. The fourth-order valence-corrected chi connectivity index (χ4v) is 1.56. The molecule has 9 heteroatoms. The second-order valence-electron chi connectivity index (χ2n) is 4.20. The molecule has 0 fully saturated rings. The number of nitrogens with zero attached hydrogens (tertiary/aromatic N) is 3. The Labute approximate surface area is 119 Å². The van der Waals surface area contributed by atoms with Crippen LogP contribution >= 0.6 is 0 Å². The largest absolute Gasteiger partial charge is 0.506 e. The van der Waals surface area contributed by atoms with Crippen LogP contribution in [0.25, 0.3) is 0 Å². The average molecular weight is 291 g/mol. The molecule has 2 rings (SSSR count). The molecule has 0 bridgehead atoms. The van der Waals surface area contributed by atoms with E-state index in [9.17, 15) is 14.7 Å². The minimum atomic E-state index is -1.16. The number of rotatable bonds is 4. The van der Waals surface area contributed by atoms with Crippen LogP contribution < -0.4 is 10.6 Å². The summed E-state index contributed by atoms with van der Waals surface area (Å²) >= 11 is 0. The van der Waals surface area contributed by atoms with E-state index in [0.29, 0.717) is 5.82 Å². The van der Waals surface area contributed by atoms with Crippen molar-refractivity contribution in [3.63, 3.8) is 0 Å². The van der Waals surface area contributed by atoms with Crippen LogP contribution in [-0.2, 0) is 13.6 Å². The molecule has 1 aromatic carbocycles. The van der Waals surface area contributed by atoms with E-state index in [0.717, 1.165) is 6.07 Å². The first-order chi connectivity index (χ1) is 9.97. The smallest absolute Gasteiger partial charge is 0.335 e. The molecular weight excluding hydrogens is 278 g/mol. The van der Waals surface area contributed by atoms with Crippen LogP contribution in [0.2, 0.25) is 0 Å². The molecule has 0 saturated heterocycles. The summed E-state index contributed by atoms with van der Waals surface area (Å²) in [5.41, 5.74) is 0.0352. The third kappa shape index (κ3) is 3.47. The Hall–Kier alpha value is -3.10. The number of aryl methyl sites for hydroxylation is 1. The van der Waals surface area contributed by atoms with Gasteiger partial charge < -0.3 is 25.4 Å². The van der Waals surface area contributed by atoms with E-state index < -0.39 is 12.0 Å². The van der Waals surface area contributed by atoms with E-state index in [4.69, 9.17) is 5.11 Å². The van der Waals surface area contributed by atoms with Gasteiger partial charge in [-0.05, 0) is 18.2 Å². The van der Waals surface area contributed by atoms with E-state index in [1.54, 1.807) is 11.6 Å². The van der Waals surface area contributed by atoms with Gasteiger partial charge in [-0.15, -0.1) is 10.2 Å². The van der Waals surface area contributed by atoms with Crippen molar-refractivity contribution in [3.8, 4) is 5.75 Å². The van der Waals surface area contributed by atoms with Crippen molar-refractivity contribution in [1.29, 1.82) is 0 Å². The highest BCUT2D eigenvalue weighted by atomic mass is 16.4. The Balaban J connectivity index is 1.96. The number of hydrogen-bond acceptors (Lipinski definition) is 5. The molecule has 0 aliphatic heterocycles. The molecule has 21 heavy (non-hydrogen) atoms. The summed E-state index contributed by atoms with van der Waals surface area (Å²) in [5.74, 6) is -0.928. The van der Waals surface area contributed by atoms with Gasteiger partial charge in [0.05, 0.1) is 17.8 Å². The van der Waals surface area contributed by atoms with Crippen LogP contribution in [-0.4, -0.2) is 37.0 Å². The number of carbonyl (C=O) groups excluding carboxylic acids is 1. The van der Waals surface area contributed by atoms with Gasteiger partial charge in [-0.1, -0.05) is 0 Å². The maximum atomic E-state index is 11.7. The Kier molecular flexibility index (Phi) is 4.02.